The van der Waals surface area contributed by atoms with Crippen LogP contribution in [0.3, 0.4) is 0 Å². The number of fused-ring (bicyclic) bond motifs is 2. The first-order valence-corrected chi connectivity index (χ1v) is 30.3. The molecule has 2 radical (unpaired) electrons. The number of halogens is 5. The number of rotatable bonds is 8. The SMILES string of the molecule is CC(C)(C)c1ccc(-c2cccc3[cH-]c(CC4CCCC4)cc23)cc1.CC(C)(C)c1ccc(-c2cccc3[cH-]c(CC4CCCC4)cc23)cc1.C[Si]CCC(F)(F)F.[Cl][Zr+2][Cl]. The van der Waals surface area contributed by atoms with Crippen LogP contribution in [0.5, 0.6) is 0 Å². The van der Waals surface area contributed by atoms with Gasteiger partial charge in [-0.25, -0.2) is 0 Å². The summed E-state index contributed by atoms with van der Waals surface area (Å²) in [5, 5.41) is 5.62. The fourth-order valence-corrected chi connectivity index (χ4v) is 9.53. The van der Waals surface area contributed by atoms with E-state index in [9.17, 15) is 13.2 Å². The van der Waals surface area contributed by atoms with E-state index in [4.69, 9.17) is 17.0 Å². The molecule has 0 unspecified atom stereocenters. The van der Waals surface area contributed by atoms with E-state index in [1.165, 1.54) is 130 Å². The molecular formula is C54H65Cl2F3SiZr. The van der Waals surface area contributed by atoms with Gasteiger partial charge in [-0.2, -0.15) is 25.3 Å². The monoisotopic (exact) mass is 958 g/mol. The summed E-state index contributed by atoms with van der Waals surface area (Å²) in [6, 6.07) is 41.8. The van der Waals surface area contributed by atoms with Crippen LogP contribution in [0.15, 0.2) is 109 Å². The van der Waals surface area contributed by atoms with Gasteiger partial charge in [-0.3, -0.25) is 0 Å². The number of alkyl halides is 3. The van der Waals surface area contributed by atoms with Crippen LogP contribution in [0.2, 0.25) is 12.6 Å². The van der Waals surface area contributed by atoms with Crippen LogP contribution in [0, 0.1) is 11.8 Å². The molecule has 0 nitrogen and oxygen atoms in total. The van der Waals surface area contributed by atoms with Crippen molar-refractivity contribution in [3.05, 3.63) is 131 Å². The van der Waals surface area contributed by atoms with Gasteiger partial charge in [-0.05, 0) is 57.8 Å². The topological polar surface area (TPSA) is 0 Å². The molecule has 324 valence electrons. The number of hydrogen-bond donors (Lipinski definition) is 0. The first kappa shape index (κ1) is 49.6. The third-order valence-electron chi connectivity index (χ3n) is 12.4. The molecule has 0 saturated heterocycles. The molecule has 0 aromatic heterocycles. The summed E-state index contributed by atoms with van der Waals surface area (Å²) in [7, 11) is 10.3. The van der Waals surface area contributed by atoms with Crippen molar-refractivity contribution in [3.63, 3.8) is 0 Å². The van der Waals surface area contributed by atoms with Crippen molar-refractivity contribution in [1.29, 1.82) is 0 Å². The standard InChI is InChI=1S/2C25H29.C4H7F3Si.2ClH.Zr/c2*1-25(2,3)22-13-11-20(12-14-22)23-10-6-9-21-16-19(17-24(21)23)15-18-7-4-5-8-18;1-8-3-2-4(5,6)7;;;/h2*6,9-14,16-18H,4-5,7-8,15H2,1-3H3;2-3H2,1H3;2*1H;/q2*-1;;;;+4/p-2. The van der Waals surface area contributed by atoms with E-state index in [-0.39, 0.29) is 16.9 Å². The predicted octanol–water partition coefficient (Wildman–Crippen LogP) is 18.0. The van der Waals surface area contributed by atoms with E-state index in [1.807, 2.05) is 0 Å². The predicted molar refractivity (Wildman–Crippen MR) is 257 cm³/mol. The molecule has 2 aliphatic carbocycles. The van der Waals surface area contributed by atoms with E-state index >= 15 is 0 Å². The van der Waals surface area contributed by atoms with Crippen LogP contribution < -0.4 is 0 Å². The summed E-state index contributed by atoms with van der Waals surface area (Å²) in [4.78, 5) is 0. The van der Waals surface area contributed by atoms with Crippen LogP contribution in [0.1, 0.15) is 122 Å². The maximum absolute atomic E-state index is 11.2. The first-order chi connectivity index (χ1) is 29.0. The average Bonchev–Trinajstić information content (AvgIpc) is 4.05. The van der Waals surface area contributed by atoms with Crippen molar-refractivity contribution < 1.29 is 34.0 Å². The third-order valence-corrected chi connectivity index (χ3v) is 13.2. The normalized spacial score (nSPS) is 14.8. The summed E-state index contributed by atoms with van der Waals surface area (Å²) in [6.45, 7) is 15.4. The Labute approximate surface area is 386 Å². The Morgan fingerprint density at radius 1 is 0.590 bits per heavy atom. The second-order valence-electron chi connectivity index (χ2n) is 19.2. The minimum absolute atomic E-state index is 0.208. The van der Waals surface area contributed by atoms with E-state index in [2.05, 4.69) is 151 Å². The quantitative estimate of drug-likeness (QED) is 0.105. The van der Waals surface area contributed by atoms with Crippen molar-refractivity contribution >= 4 is 48.1 Å². The van der Waals surface area contributed by atoms with Crippen LogP contribution in [0.25, 0.3) is 43.8 Å². The van der Waals surface area contributed by atoms with E-state index < -0.39 is 33.4 Å². The van der Waals surface area contributed by atoms with E-state index in [0.29, 0.717) is 9.52 Å². The van der Waals surface area contributed by atoms with Gasteiger partial charge in [0.15, 0.2) is 0 Å². The maximum atomic E-state index is 11.2. The molecule has 0 heterocycles. The van der Waals surface area contributed by atoms with Gasteiger partial charge in [0.25, 0.3) is 0 Å². The molecule has 8 rings (SSSR count). The molecule has 7 heteroatoms. The number of benzene rings is 4. The van der Waals surface area contributed by atoms with Crippen LogP contribution in [0.4, 0.5) is 13.2 Å². The van der Waals surface area contributed by atoms with Crippen LogP contribution in [-0.4, -0.2) is 15.7 Å². The zero-order valence-electron chi connectivity index (χ0n) is 37.4. The Balaban J connectivity index is 0.000000187. The fourth-order valence-electron chi connectivity index (χ4n) is 8.99. The van der Waals surface area contributed by atoms with Crippen molar-refractivity contribution in [3.8, 4) is 22.3 Å². The molecule has 2 fully saturated rings. The Bertz CT molecular complexity index is 2060. The summed E-state index contributed by atoms with van der Waals surface area (Å²) < 4.78 is 33.7. The van der Waals surface area contributed by atoms with Gasteiger partial charge >= 0.3 is 44.1 Å². The number of hydrogen-bond acceptors (Lipinski definition) is 0. The van der Waals surface area contributed by atoms with Gasteiger partial charge < -0.3 is 0 Å². The molecule has 0 atom stereocenters. The summed E-state index contributed by atoms with van der Waals surface area (Å²) in [5.41, 5.74) is 11.7. The molecule has 61 heavy (non-hydrogen) atoms. The molecule has 0 spiro atoms. The van der Waals surface area contributed by atoms with Crippen LogP contribution >= 0.6 is 17.0 Å². The Morgan fingerprint density at radius 3 is 1.25 bits per heavy atom. The Kier molecular flexibility index (Phi) is 18.7. The van der Waals surface area contributed by atoms with Gasteiger partial charge in [0.05, 0.1) is 0 Å². The second-order valence-corrected chi connectivity index (χ2v) is 24.2. The second kappa shape index (κ2) is 23.0. The molecule has 6 aromatic carbocycles. The molecule has 0 N–H and O–H groups in total. The van der Waals surface area contributed by atoms with Crippen molar-refractivity contribution in [2.24, 2.45) is 11.8 Å². The third kappa shape index (κ3) is 15.1. The molecule has 6 aromatic rings. The van der Waals surface area contributed by atoms with Gasteiger partial charge in [-0.1, -0.05) is 177 Å². The Hall–Kier alpha value is -2.43. The fraction of sp³-hybridized carbons (Fsp3) is 0.444. The van der Waals surface area contributed by atoms with E-state index in [0.717, 1.165) is 11.8 Å². The summed E-state index contributed by atoms with van der Waals surface area (Å²) in [5.74, 6) is 1.82. The molecule has 2 aliphatic rings. The Morgan fingerprint density at radius 2 is 0.951 bits per heavy atom. The van der Waals surface area contributed by atoms with Gasteiger partial charge in [0, 0.05) is 15.9 Å². The van der Waals surface area contributed by atoms with Crippen molar-refractivity contribution in [2.45, 2.75) is 142 Å². The zero-order chi connectivity index (χ0) is 44.2. The molecular weight excluding hydrogens is 896 g/mol. The average molecular weight is 961 g/mol. The summed E-state index contributed by atoms with van der Waals surface area (Å²) >= 11 is -0.826. The van der Waals surface area contributed by atoms with Gasteiger partial charge in [0.2, 0.25) is 0 Å². The first-order valence-electron chi connectivity index (χ1n) is 22.2. The van der Waals surface area contributed by atoms with E-state index in [1.54, 1.807) is 6.55 Å². The molecule has 0 amide bonds. The summed E-state index contributed by atoms with van der Waals surface area (Å²) in [6.07, 6.45) is 9.34. The molecule has 0 bridgehead atoms. The van der Waals surface area contributed by atoms with Crippen molar-refractivity contribution in [2.75, 3.05) is 0 Å². The van der Waals surface area contributed by atoms with Gasteiger partial charge in [-0.15, -0.1) is 69.1 Å². The molecule has 2 saturated carbocycles. The van der Waals surface area contributed by atoms with Crippen molar-refractivity contribution in [1.82, 2.24) is 0 Å². The minimum atomic E-state index is -3.94. The van der Waals surface area contributed by atoms with Gasteiger partial charge in [0.1, 0.15) is 0 Å². The zero-order valence-corrected chi connectivity index (χ0v) is 42.4. The molecule has 0 aliphatic heterocycles. The van der Waals surface area contributed by atoms with Crippen LogP contribution in [-0.2, 0) is 44.5 Å².